The highest BCUT2D eigenvalue weighted by atomic mass is 16.7. The third-order valence-corrected chi connectivity index (χ3v) is 4.43. The van der Waals surface area contributed by atoms with E-state index >= 15 is 0 Å². The fourth-order valence-corrected chi connectivity index (χ4v) is 3.01. The van der Waals surface area contributed by atoms with E-state index in [-0.39, 0.29) is 12.5 Å². The first kappa shape index (κ1) is 17.0. The van der Waals surface area contributed by atoms with Crippen molar-refractivity contribution >= 4 is 11.9 Å². The Bertz CT molecular complexity index is 419. The van der Waals surface area contributed by atoms with Crippen molar-refractivity contribution in [1.82, 2.24) is 15.1 Å². The van der Waals surface area contributed by atoms with Gasteiger partial charge in [0.2, 0.25) is 5.91 Å². The molecule has 0 aromatic rings. The highest BCUT2D eigenvalue weighted by Crippen LogP contribution is 2.33. The van der Waals surface area contributed by atoms with Gasteiger partial charge in [0.1, 0.15) is 0 Å². The minimum absolute atomic E-state index is 0.0316. The molecule has 2 aliphatic heterocycles. The van der Waals surface area contributed by atoms with Crippen LogP contribution in [0.15, 0.2) is 4.99 Å². The van der Waals surface area contributed by atoms with Crippen LogP contribution >= 0.6 is 0 Å². The molecule has 0 spiro atoms. The van der Waals surface area contributed by atoms with Gasteiger partial charge in [-0.1, -0.05) is 0 Å². The van der Waals surface area contributed by atoms with Crippen molar-refractivity contribution in [2.24, 2.45) is 10.9 Å². The Morgan fingerprint density at radius 3 is 2.68 bits per heavy atom. The Morgan fingerprint density at radius 2 is 2.09 bits per heavy atom. The maximum Gasteiger partial charge on any atom is 0.241 e. The van der Waals surface area contributed by atoms with E-state index in [1.807, 2.05) is 6.92 Å². The standard InChI is InChI=1S/C15H28N4O3/c1-15(21-8-9-22-15)12-6-5-7-19(11-12)14(16-2)17-10-13(20)18(3)4/h12H,5-11H2,1-4H3,(H,16,17). The summed E-state index contributed by atoms with van der Waals surface area (Å²) < 4.78 is 11.6. The Morgan fingerprint density at radius 1 is 1.41 bits per heavy atom. The number of nitrogens with zero attached hydrogens (tertiary/aromatic N) is 3. The second-order valence-corrected chi connectivity index (χ2v) is 6.19. The van der Waals surface area contributed by atoms with Gasteiger partial charge in [-0.15, -0.1) is 0 Å². The van der Waals surface area contributed by atoms with Gasteiger partial charge in [-0.05, 0) is 19.8 Å². The number of piperidine rings is 1. The molecule has 2 saturated heterocycles. The van der Waals surface area contributed by atoms with E-state index in [2.05, 4.69) is 15.2 Å². The lowest BCUT2D eigenvalue weighted by atomic mass is 9.90. The van der Waals surface area contributed by atoms with Crippen LogP contribution in [0.5, 0.6) is 0 Å². The third kappa shape index (κ3) is 3.89. The average Bonchev–Trinajstić information content (AvgIpc) is 2.96. The maximum atomic E-state index is 11.7. The Labute approximate surface area is 132 Å². The first-order chi connectivity index (χ1) is 10.5. The molecular weight excluding hydrogens is 284 g/mol. The number of hydrogen-bond acceptors (Lipinski definition) is 4. The molecule has 0 aromatic carbocycles. The van der Waals surface area contributed by atoms with Crippen molar-refractivity contribution in [3.8, 4) is 0 Å². The lowest BCUT2D eigenvalue weighted by Crippen LogP contribution is -2.53. The topological polar surface area (TPSA) is 66.4 Å². The molecular formula is C15H28N4O3. The molecule has 22 heavy (non-hydrogen) atoms. The number of likely N-dealkylation sites (tertiary alicyclic amines) is 1. The molecule has 1 atom stereocenters. The van der Waals surface area contributed by atoms with Crippen LogP contribution in [-0.2, 0) is 14.3 Å². The number of carbonyl (C=O) groups is 1. The summed E-state index contributed by atoms with van der Waals surface area (Å²) in [5.41, 5.74) is 0. The van der Waals surface area contributed by atoms with E-state index < -0.39 is 5.79 Å². The smallest absolute Gasteiger partial charge is 0.241 e. The number of guanidine groups is 1. The van der Waals surface area contributed by atoms with Gasteiger partial charge in [0, 0.05) is 40.2 Å². The van der Waals surface area contributed by atoms with Gasteiger partial charge in [-0.25, -0.2) is 0 Å². The maximum absolute atomic E-state index is 11.7. The van der Waals surface area contributed by atoms with Gasteiger partial charge in [-0.2, -0.15) is 0 Å². The average molecular weight is 312 g/mol. The Kier molecular flexibility index (Phi) is 5.63. The molecule has 1 amide bonds. The fourth-order valence-electron chi connectivity index (χ4n) is 3.01. The monoisotopic (exact) mass is 312 g/mol. The van der Waals surface area contributed by atoms with Crippen molar-refractivity contribution in [3.63, 3.8) is 0 Å². The second-order valence-electron chi connectivity index (χ2n) is 6.19. The van der Waals surface area contributed by atoms with Gasteiger partial charge < -0.3 is 24.6 Å². The summed E-state index contributed by atoms with van der Waals surface area (Å²) in [6, 6.07) is 0. The highest BCUT2D eigenvalue weighted by Gasteiger charge is 2.42. The van der Waals surface area contributed by atoms with E-state index in [4.69, 9.17) is 9.47 Å². The molecule has 2 fully saturated rings. The molecule has 2 aliphatic rings. The lowest BCUT2D eigenvalue weighted by Gasteiger charge is -2.41. The van der Waals surface area contributed by atoms with Gasteiger partial charge >= 0.3 is 0 Å². The number of rotatable bonds is 3. The van der Waals surface area contributed by atoms with Crippen molar-refractivity contribution in [3.05, 3.63) is 0 Å². The normalized spacial score (nSPS) is 25.2. The number of carbonyl (C=O) groups excluding carboxylic acids is 1. The minimum Gasteiger partial charge on any atom is -0.347 e. The van der Waals surface area contributed by atoms with Gasteiger partial charge in [-0.3, -0.25) is 9.79 Å². The number of likely N-dealkylation sites (N-methyl/N-ethyl adjacent to an activating group) is 1. The third-order valence-electron chi connectivity index (χ3n) is 4.43. The van der Waals surface area contributed by atoms with E-state index in [0.29, 0.717) is 19.1 Å². The molecule has 7 nitrogen and oxygen atoms in total. The van der Waals surface area contributed by atoms with Crippen LogP contribution in [0.25, 0.3) is 0 Å². The van der Waals surface area contributed by atoms with Crippen LogP contribution in [0.4, 0.5) is 0 Å². The summed E-state index contributed by atoms with van der Waals surface area (Å²) in [5, 5.41) is 3.15. The molecule has 7 heteroatoms. The molecule has 0 bridgehead atoms. The second kappa shape index (κ2) is 7.28. The van der Waals surface area contributed by atoms with E-state index in [1.54, 1.807) is 26.0 Å². The fraction of sp³-hybridized carbons (Fsp3) is 0.867. The molecule has 1 unspecified atom stereocenters. The molecule has 0 saturated carbocycles. The summed E-state index contributed by atoms with van der Waals surface area (Å²) in [4.78, 5) is 19.8. The number of aliphatic imine (C=N–C) groups is 1. The SMILES string of the molecule is CN=C(NCC(=O)N(C)C)N1CCCC(C2(C)OCCO2)C1. The molecule has 126 valence electrons. The highest BCUT2D eigenvalue weighted by molar-refractivity contribution is 5.86. The largest absolute Gasteiger partial charge is 0.347 e. The summed E-state index contributed by atoms with van der Waals surface area (Å²) in [5.74, 6) is 0.620. The van der Waals surface area contributed by atoms with Crippen LogP contribution in [0, 0.1) is 5.92 Å². The quantitative estimate of drug-likeness (QED) is 0.592. The first-order valence-corrected chi connectivity index (χ1v) is 7.90. The summed E-state index contributed by atoms with van der Waals surface area (Å²) in [6.45, 7) is 5.37. The van der Waals surface area contributed by atoms with E-state index in [9.17, 15) is 4.79 Å². The molecule has 2 rings (SSSR count). The molecule has 1 N–H and O–H groups in total. The van der Waals surface area contributed by atoms with Gasteiger partial charge in [0.05, 0.1) is 19.8 Å². The summed E-state index contributed by atoms with van der Waals surface area (Å²) in [6.07, 6.45) is 2.15. The van der Waals surface area contributed by atoms with Gasteiger partial charge in [0.25, 0.3) is 0 Å². The van der Waals surface area contributed by atoms with Crippen molar-refractivity contribution in [1.29, 1.82) is 0 Å². The predicted octanol–water partition coefficient (Wildman–Crippen LogP) is 0.125. The Balaban J connectivity index is 1.93. The van der Waals surface area contributed by atoms with Crippen molar-refractivity contribution in [2.75, 3.05) is 54.0 Å². The van der Waals surface area contributed by atoms with Crippen LogP contribution in [0.2, 0.25) is 0 Å². The zero-order valence-electron chi connectivity index (χ0n) is 14.1. The first-order valence-electron chi connectivity index (χ1n) is 7.90. The zero-order valence-corrected chi connectivity index (χ0v) is 14.1. The number of hydrogen-bond donors (Lipinski definition) is 1. The number of ether oxygens (including phenoxy) is 2. The van der Waals surface area contributed by atoms with Crippen LogP contribution in [-0.4, -0.2) is 81.4 Å². The van der Waals surface area contributed by atoms with Crippen LogP contribution in [0.3, 0.4) is 0 Å². The summed E-state index contributed by atoms with van der Waals surface area (Å²) >= 11 is 0. The van der Waals surface area contributed by atoms with E-state index in [1.165, 1.54) is 0 Å². The van der Waals surface area contributed by atoms with Crippen LogP contribution < -0.4 is 5.32 Å². The minimum atomic E-state index is -0.489. The van der Waals surface area contributed by atoms with Crippen molar-refractivity contribution < 1.29 is 14.3 Å². The summed E-state index contributed by atoms with van der Waals surface area (Å²) in [7, 11) is 5.25. The Hall–Kier alpha value is -1.34. The molecule has 0 aromatic heterocycles. The lowest BCUT2D eigenvalue weighted by molar-refractivity contribution is -0.189. The predicted molar refractivity (Wildman–Crippen MR) is 84.7 cm³/mol. The van der Waals surface area contributed by atoms with Crippen molar-refractivity contribution in [2.45, 2.75) is 25.6 Å². The van der Waals surface area contributed by atoms with E-state index in [0.717, 1.165) is 31.9 Å². The molecule has 2 heterocycles. The molecule has 0 aliphatic carbocycles. The zero-order chi connectivity index (χ0) is 16.2. The number of nitrogens with one attached hydrogen (secondary N) is 1. The molecule has 0 radical (unpaired) electrons. The number of amides is 1. The van der Waals surface area contributed by atoms with Gasteiger partial charge in [0.15, 0.2) is 11.7 Å². The van der Waals surface area contributed by atoms with Crippen LogP contribution in [0.1, 0.15) is 19.8 Å².